The van der Waals surface area contributed by atoms with E-state index in [1.165, 1.54) is 70.6 Å². The normalized spacial score (nSPS) is 11.7. The first-order valence-electron chi connectivity index (χ1n) is 22.6. The van der Waals surface area contributed by atoms with Crippen LogP contribution in [0.5, 0.6) is 0 Å². The van der Waals surface area contributed by atoms with Crippen molar-refractivity contribution in [3.8, 4) is 0 Å². The Morgan fingerprint density at radius 2 is 0.926 bits per heavy atom. The summed E-state index contributed by atoms with van der Waals surface area (Å²) in [5, 5.41) is 0. The number of ether oxygens (including phenoxy) is 3. The van der Waals surface area contributed by atoms with E-state index in [0.29, 0.717) is 32.5 Å². The SMILES string of the molecule is CCCCCC/C=C\COC(=O)CCCCCCCC(CCCCCCCC(=O)OC/C=C\CCCCCC)OC(=O)CCCN(C)CCCCCCN. The number of nitrogens with two attached hydrogens (primary N) is 1. The molecule has 0 aromatic rings. The average molecular weight is 763 g/mol. The number of allylic oxidation sites excluding steroid dienone is 2. The van der Waals surface area contributed by atoms with Gasteiger partial charge >= 0.3 is 17.9 Å². The number of carbonyl (C=O) groups excluding carboxylic acids is 3. The third-order valence-electron chi connectivity index (χ3n) is 9.99. The van der Waals surface area contributed by atoms with Gasteiger partial charge in [-0.25, -0.2) is 0 Å². The Bertz CT molecular complexity index is 856. The van der Waals surface area contributed by atoms with Crippen molar-refractivity contribution in [1.29, 1.82) is 0 Å². The topological polar surface area (TPSA) is 108 Å². The zero-order valence-corrected chi connectivity index (χ0v) is 35.6. The first kappa shape index (κ1) is 51.8. The fourth-order valence-electron chi connectivity index (χ4n) is 6.51. The van der Waals surface area contributed by atoms with Gasteiger partial charge in [-0.15, -0.1) is 0 Å². The average Bonchev–Trinajstić information content (AvgIpc) is 3.15. The van der Waals surface area contributed by atoms with Crippen molar-refractivity contribution in [2.45, 2.75) is 213 Å². The third-order valence-corrected chi connectivity index (χ3v) is 9.99. The lowest BCUT2D eigenvalue weighted by Gasteiger charge is -2.19. The number of rotatable bonds is 41. The summed E-state index contributed by atoms with van der Waals surface area (Å²) in [5.74, 6) is -0.295. The molecule has 2 N–H and O–H groups in total. The van der Waals surface area contributed by atoms with Gasteiger partial charge in [0.1, 0.15) is 19.3 Å². The zero-order valence-electron chi connectivity index (χ0n) is 35.6. The van der Waals surface area contributed by atoms with Crippen molar-refractivity contribution in [3.05, 3.63) is 24.3 Å². The fraction of sp³-hybridized carbons (Fsp3) is 0.848. The Kier molecular flexibility index (Phi) is 40.3. The van der Waals surface area contributed by atoms with Crippen LogP contribution in [0.2, 0.25) is 0 Å². The molecular weight excluding hydrogens is 677 g/mol. The number of nitrogens with zero attached hydrogens (tertiary/aromatic N) is 1. The van der Waals surface area contributed by atoms with Gasteiger partial charge in [0.25, 0.3) is 0 Å². The molecule has 8 nitrogen and oxygen atoms in total. The van der Waals surface area contributed by atoms with Gasteiger partial charge in [0.05, 0.1) is 0 Å². The minimum atomic E-state index is -0.109. The second-order valence-electron chi connectivity index (χ2n) is 15.3. The van der Waals surface area contributed by atoms with Crippen LogP contribution in [0.25, 0.3) is 0 Å². The maximum Gasteiger partial charge on any atom is 0.306 e. The van der Waals surface area contributed by atoms with E-state index in [4.69, 9.17) is 19.9 Å². The molecule has 316 valence electrons. The van der Waals surface area contributed by atoms with E-state index in [-0.39, 0.29) is 24.0 Å². The van der Waals surface area contributed by atoms with Crippen molar-refractivity contribution in [2.75, 3.05) is 39.9 Å². The van der Waals surface area contributed by atoms with Crippen LogP contribution < -0.4 is 5.73 Å². The number of hydrogen-bond acceptors (Lipinski definition) is 8. The van der Waals surface area contributed by atoms with Gasteiger partial charge < -0.3 is 24.8 Å². The summed E-state index contributed by atoms with van der Waals surface area (Å²) >= 11 is 0. The first-order valence-corrected chi connectivity index (χ1v) is 22.6. The van der Waals surface area contributed by atoms with E-state index in [0.717, 1.165) is 122 Å². The molecule has 0 aliphatic carbocycles. The van der Waals surface area contributed by atoms with Crippen LogP contribution in [-0.2, 0) is 28.6 Å². The highest BCUT2D eigenvalue weighted by atomic mass is 16.5. The minimum Gasteiger partial charge on any atom is -0.462 e. The Labute approximate surface area is 333 Å². The summed E-state index contributed by atoms with van der Waals surface area (Å²) in [6.45, 7) is 7.92. The Balaban J connectivity index is 4.34. The van der Waals surface area contributed by atoms with Crippen LogP contribution in [0.4, 0.5) is 0 Å². The van der Waals surface area contributed by atoms with Crippen LogP contribution in [0, 0.1) is 0 Å². The van der Waals surface area contributed by atoms with E-state index in [9.17, 15) is 14.4 Å². The van der Waals surface area contributed by atoms with E-state index in [1.54, 1.807) is 0 Å². The molecule has 0 amide bonds. The van der Waals surface area contributed by atoms with E-state index < -0.39 is 0 Å². The summed E-state index contributed by atoms with van der Waals surface area (Å²) in [6.07, 6.45) is 39.0. The van der Waals surface area contributed by atoms with Gasteiger partial charge in [-0.3, -0.25) is 14.4 Å². The first-order chi connectivity index (χ1) is 26.4. The number of unbranched alkanes of at least 4 members (excludes halogenated alkanes) is 19. The van der Waals surface area contributed by atoms with Gasteiger partial charge in [-0.1, -0.05) is 128 Å². The van der Waals surface area contributed by atoms with Gasteiger partial charge in [0.15, 0.2) is 0 Å². The van der Waals surface area contributed by atoms with Crippen LogP contribution in [-0.4, -0.2) is 68.8 Å². The molecule has 0 fully saturated rings. The molecule has 0 atom stereocenters. The molecule has 0 unspecified atom stereocenters. The van der Waals surface area contributed by atoms with Gasteiger partial charge in [0, 0.05) is 19.3 Å². The molecule has 0 saturated carbocycles. The molecule has 0 aromatic carbocycles. The molecule has 0 aliphatic heterocycles. The predicted molar refractivity (Wildman–Crippen MR) is 226 cm³/mol. The van der Waals surface area contributed by atoms with Crippen molar-refractivity contribution >= 4 is 17.9 Å². The summed E-state index contributed by atoms with van der Waals surface area (Å²) in [4.78, 5) is 39.3. The van der Waals surface area contributed by atoms with E-state index in [2.05, 4.69) is 37.9 Å². The second kappa shape index (κ2) is 42.0. The monoisotopic (exact) mass is 763 g/mol. The lowest BCUT2D eigenvalue weighted by molar-refractivity contribution is -0.150. The van der Waals surface area contributed by atoms with Gasteiger partial charge in [0.2, 0.25) is 0 Å². The Morgan fingerprint density at radius 3 is 1.44 bits per heavy atom. The van der Waals surface area contributed by atoms with Gasteiger partial charge in [-0.2, -0.15) is 0 Å². The minimum absolute atomic E-state index is 0.0397. The molecule has 0 heterocycles. The molecule has 8 heteroatoms. The largest absolute Gasteiger partial charge is 0.462 e. The maximum atomic E-state index is 12.8. The standard InChI is InChI=1S/C46H86N2O6/c1-4-6-8-10-12-22-30-41-52-44(49)35-26-18-14-16-24-33-43(54-46(51)37-32-40-48(3)39-29-21-20-28-38-47)34-25-17-15-19-27-36-45(50)53-42-31-23-13-11-9-7-5-2/h22-23,30-31,43H,4-21,24-29,32-42,47H2,1-3H3/b30-22-,31-23-. The lowest BCUT2D eigenvalue weighted by atomic mass is 10.0. The number of esters is 3. The highest BCUT2D eigenvalue weighted by Gasteiger charge is 2.15. The Morgan fingerprint density at radius 1 is 0.500 bits per heavy atom. The molecule has 0 spiro atoms. The molecule has 54 heavy (non-hydrogen) atoms. The second-order valence-corrected chi connectivity index (χ2v) is 15.3. The highest BCUT2D eigenvalue weighted by Crippen LogP contribution is 2.18. The van der Waals surface area contributed by atoms with Gasteiger partial charge in [-0.05, 0) is 110 Å². The Hall–Kier alpha value is -2.19. The predicted octanol–water partition coefficient (Wildman–Crippen LogP) is 11.7. The summed E-state index contributed by atoms with van der Waals surface area (Å²) in [6, 6.07) is 0. The quantitative estimate of drug-likeness (QED) is 0.0284. The van der Waals surface area contributed by atoms with E-state index >= 15 is 0 Å². The van der Waals surface area contributed by atoms with Crippen LogP contribution >= 0.6 is 0 Å². The summed E-state index contributed by atoms with van der Waals surface area (Å²) < 4.78 is 16.7. The highest BCUT2D eigenvalue weighted by molar-refractivity contribution is 5.70. The zero-order chi connectivity index (χ0) is 39.6. The number of hydrogen-bond donors (Lipinski definition) is 1. The van der Waals surface area contributed by atoms with Crippen LogP contribution in [0.1, 0.15) is 206 Å². The molecule has 0 aromatic heterocycles. The molecule has 0 saturated heterocycles. The van der Waals surface area contributed by atoms with Crippen LogP contribution in [0.15, 0.2) is 24.3 Å². The lowest BCUT2D eigenvalue weighted by Crippen LogP contribution is -2.23. The molecule has 0 bridgehead atoms. The maximum absolute atomic E-state index is 12.8. The molecule has 0 rings (SSSR count). The summed E-state index contributed by atoms with van der Waals surface area (Å²) in [7, 11) is 2.13. The smallest absolute Gasteiger partial charge is 0.306 e. The molecule has 0 radical (unpaired) electrons. The van der Waals surface area contributed by atoms with Crippen molar-refractivity contribution < 1.29 is 28.6 Å². The summed E-state index contributed by atoms with van der Waals surface area (Å²) in [5.41, 5.74) is 5.59. The fourth-order valence-corrected chi connectivity index (χ4v) is 6.51. The van der Waals surface area contributed by atoms with Crippen LogP contribution in [0.3, 0.4) is 0 Å². The molecular formula is C46H86N2O6. The van der Waals surface area contributed by atoms with Crippen molar-refractivity contribution in [2.24, 2.45) is 5.73 Å². The number of carbonyl (C=O) groups is 3. The van der Waals surface area contributed by atoms with E-state index in [1.807, 2.05) is 12.2 Å². The molecule has 0 aliphatic rings. The van der Waals surface area contributed by atoms with Crippen molar-refractivity contribution in [1.82, 2.24) is 4.90 Å². The van der Waals surface area contributed by atoms with Crippen molar-refractivity contribution in [3.63, 3.8) is 0 Å². The third kappa shape index (κ3) is 39.5.